The van der Waals surface area contributed by atoms with Gasteiger partial charge in [-0.3, -0.25) is 14.4 Å². The Labute approximate surface area is 288 Å². The van der Waals surface area contributed by atoms with Crippen LogP contribution in [0.3, 0.4) is 0 Å². The van der Waals surface area contributed by atoms with Crippen LogP contribution >= 0.6 is 34.2 Å². The molecule has 1 saturated heterocycles. The molecule has 10 nitrogen and oxygen atoms in total. The molecule has 0 atom stereocenters. The first kappa shape index (κ1) is 35.2. The van der Waals surface area contributed by atoms with Gasteiger partial charge in [-0.25, -0.2) is 4.79 Å². The van der Waals surface area contributed by atoms with E-state index in [0.717, 1.165) is 21.2 Å². The van der Waals surface area contributed by atoms with E-state index in [4.69, 9.17) is 16.3 Å². The average molecular weight is 760 g/mol. The van der Waals surface area contributed by atoms with Crippen molar-refractivity contribution < 1.29 is 23.9 Å². The van der Waals surface area contributed by atoms with Gasteiger partial charge in [0.2, 0.25) is 5.91 Å². The zero-order valence-corrected chi connectivity index (χ0v) is 29.2. The summed E-state index contributed by atoms with van der Waals surface area (Å²) in [7, 11) is 5.19. The van der Waals surface area contributed by atoms with Crippen molar-refractivity contribution >= 4 is 69.3 Å². The van der Waals surface area contributed by atoms with Crippen LogP contribution in [0.4, 0.5) is 11.4 Å². The van der Waals surface area contributed by atoms with Crippen molar-refractivity contribution in [2.24, 2.45) is 0 Å². The molecule has 244 valence electrons. The Morgan fingerprint density at radius 2 is 1.54 bits per heavy atom. The molecule has 1 aliphatic rings. The van der Waals surface area contributed by atoms with Crippen molar-refractivity contribution in [2.45, 2.75) is 17.3 Å². The van der Waals surface area contributed by atoms with E-state index < -0.39 is 5.97 Å². The van der Waals surface area contributed by atoms with Crippen LogP contribution in [0.2, 0.25) is 5.02 Å². The molecule has 3 amide bonds. The minimum absolute atomic E-state index is 0.119. The van der Waals surface area contributed by atoms with Crippen molar-refractivity contribution in [1.82, 2.24) is 15.1 Å². The Kier molecular flexibility index (Phi) is 12.8. The van der Waals surface area contributed by atoms with Gasteiger partial charge in [0.1, 0.15) is 0 Å². The van der Waals surface area contributed by atoms with Gasteiger partial charge in [-0.2, -0.15) is 0 Å². The van der Waals surface area contributed by atoms with E-state index in [1.807, 2.05) is 48.2 Å². The molecule has 0 aromatic heterocycles. The fourth-order valence-electron chi connectivity index (χ4n) is 5.17. The van der Waals surface area contributed by atoms with E-state index in [-0.39, 0.29) is 17.7 Å². The third-order valence-electron chi connectivity index (χ3n) is 7.81. The summed E-state index contributed by atoms with van der Waals surface area (Å²) >= 11 is 8.44. The number of carbonyl (C=O) groups is 4. The van der Waals surface area contributed by atoms with Crippen LogP contribution in [0.15, 0.2) is 60.7 Å². The van der Waals surface area contributed by atoms with Gasteiger partial charge in [0.25, 0.3) is 11.8 Å². The molecule has 0 bridgehead atoms. The fourth-order valence-corrected chi connectivity index (χ4v) is 6.08. The summed E-state index contributed by atoms with van der Waals surface area (Å²) in [5.74, 6) is -1.02. The number of nitrogens with one attached hydrogen (secondary N) is 2. The lowest BCUT2D eigenvalue weighted by Gasteiger charge is -2.37. The third-order valence-corrected chi connectivity index (χ3v) is 8.87. The number of amides is 3. The lowest BCUT2D eigenvalue weighted by Crippen LogP contribution is -2.49. The maximum absolute atomic E-state index is 13.3. The predicted molar refractivity (Wildman–Crippen MR) is 189 cm³/mol. The molecule has 1 heterocycles. The molecule has 3 aromatic rings. The number of carbonyl (C=O) groups excluding carboxylic acids is 4. The number of hydrogen-bond acceptors (Lipinski definition) is 7. The van der Waals surface area contributed by atoms with Gasteiger partial charge in [-0.1, -0.05) is 40.3 Å². The molecule has 0 spiro atoms. The second-order valence-corrected chi connectivity index (χ2v) is 12.4. The number of ether oxygens (including phenoxy) is 1. The Morgan fingerprint density at radius 1 is 0.870 bits per heavy atom. The summed E-state index contributed by atoms with van der Waals surface area (Å²) in [5.41, 5.74) is 4.58. The van der Waals surface area contributed by atoms with Gasteiger partial charge in [-0.15, -0.1) is 0 Å². The lowest BCUT2D eigenvalue weighted by molar-refractivity contribution is -0.131. The number of esters is 1. The molecule has 2 N–H and O–H groups in total. The Morgan fingerprint density at radius 3 is 2.20 bits per heavy atom. The molecule has 0 unspecified atom stereocenters. The smallest absolute Gasteiger partial charge is 0.337 e. The van der Waals surface area contributed by atoms with Gasteiger partial charge < -0.3 is 30.1 Å². The summed E-state index contributed by atoms with van der Waals surface area (Å²) < 4.78 is 5.57. The van der Waals surface area contributed by atoms with E-state index in [2.05, 4.69) is 38.1 Å². The number of anilines is 2. The van der Waals surface area contributed by atoms with Gasteiger partial charge in [0.15, 0.2) is 0 Å². The predicted octanol–water partition coefficient (Wildman–Crippen LogP) is 4.89. The maximum atomic E-state index is 13.3. The highest BCUT2D eigenvalue weighted by Crippen LogP contribution is 2.29. The molecule has 0 radical (unpaired) electrons. The van der Waals surface area contributed by atoms with Crippen molar-refractivity contribution in [3.63, 3.8) is 0 Å². The zero-order valence-electron chi connectivity index (χ0n) is 26.3. The Hall–Kier alpha value is -3.68. The van der Waals surface area contributed by atoms with E-state index in [1.165, 1.54) is 19.2 Å². The zero-order chi connectivity index (χ0) is 33.2. The molecule has 0 aliphatic carbocycles. The van der Waals surface area contributed by atoms with Gasteiger partial charge >= 0.3 is 5.97 Å². The summed E-state index contributed by atoms with van der Waals surface area (Å²) in [6, 6.07) is 17.2. The number of methoxy groups -OCH3 is 1. The topological polar surface area (TPSA) is 111 Å². The first-order valence-corrected chi connectivity index (χ1v) is 16.9. The van der Waals surface area contributed by atoms with E-state index in [0.29, 0.717) is 79.5 Å². The van der Waals surface area contributed by atoms with Crippen LogP contribution in [0.1, 0.15) is 48.6 Å². The molecule has 4 rings (SSSR count). The van der Waals surface area contributed by atoms with Crippen molar-refractivity contribution in [1.29, 1.82) is 0 Å². The van der Waals surface area contributed by atoms with Gasteiger partial charge in [0.05, 0.1) is 24.0 Å². The summed E-state index contributed by atoms with van der Waals surface area (Å²) in [4.78, 5) is 57.1. The number of piperazine rings is 1. The molecular formula is C34H39ClIN5O5. The summed E-state index contributed by atoms with van der Waals surface area (Å²) in [6.07, 6.45) is 1.12. The van der Waals surface area contributed by atoms with E-state index in [9.17, 15) is 19.2 Å². The molecule has 46 heavy (non-hydrogen) atoms. The highest BCUT2D eigenvalue weighted by atomic mass is 127. The quantitative estimate of drug-likeness (QED) is 0.154. The first-order chi connectivity index (χ1) is 22.1. The standard InChI is InChI=1S/C34H39ClIN5O5/c1-39(2)15-13-31(42)41-18-16-40(17-19-41)30-11-9-26(32(43)37-14-12-23-8-10-28(35)20-27(23)22-36)21-29(30)38-33(44)24-4-6-25(7-5-24)34(45)46-3/h4-11,20-21H,12-19,22H2,1-3H3,(H,37,43)(H,38,44). The second-order valence-electron chi connectivity index (χ2n) is 11.2. The molecule has 12 heteroatoms. The van der Waals surface area contributed by atoms with Crippen LogP contribution in [0.25, 0.3) is 0 Å². The van der Waals surface area contributed by atoms with Gasteiger partial charge in [-0.05, 0) is 86.2 Å². The highest BCUT2D eigenvalue weighted by Gasteiger charge is 2.24. The molecule has 3 aromatic carbocycles. The molecule has 1 aliphatic heterocycles. The Bertz CT molecular complexity index is 1560. The summed E-state index contributed by atoms with van der Waals surface area (Å²) in [5, 5.41) is 6.65. The first-order valence-electron chi connectivity index (χ1n) is 15.0. The molecule has 0 saturated carbocycles. The number of alkyl halides is 1. The third kappa shape index (κ3) is 9.43. The number of hydrogen-bond donors (Lipinski definition) is 2. The SMILES string of the molecule is COC(=O)c1ccc(C(=O)Nc2cc(C(=O)NCCc3ccc(Cl)cc3CI)ccc2N2CCN(C(=O)CCN(C)C)CC2)cc1. The van der Waals surface area contributed by atoms with Crippen molar-refractivity contribution in [3.05, 3.63) is 93.5 Å². The minimum atomic E-state index is -0.492. The largest absolute Gasteiger partial charge is 0.465 e. The van der Waals surface area contributed by atoms with Crippen LogP contribution in [0, 0.1) is 0 Å². The summed E-state index contributed by atoms with van der Waals surface area (Å²) in [6.45, 7) is 3.40. The number of nitrogens with zero attached hydrogens (tertiary/aromatic N) is 3. The lowest BCUT2D eigenvalue weighted by atomic mass is 10.1. The number of rotatable bonds is 12. The Balaban J connectivity index is 1.50. The van der Waals surface area contributed by atoms with Crippen LogP contribution in [-0.2, 0) is 20.4 Å². The van der Waals surface area contributed by atoms with Crippen LogP contribution in [0.5, 0.6) is 0 Å². The van der Waals surface area contributed by atoms with Gasteiger partial charge in [0, 0.05) is 66.3 Å². The van der Waals surface area contributed by atoms with Crippen molar-refractivity contribution in [3.8, 4) is 0 Å². The average Bonchev–Trinajstić information content (AvgIpc) is 3.07. The van der Waals surface area contributed by atoms with Crippen LogP contribution < -0.4 is 15.5 Å². The highest BCUT2D eigenvalue weighted by molar-refractivity contribution is 14.1. The van der Waals surface area contributed by atoms with E-state index >= 15 is 0 Å². The normalized spacial score (nSPS) is 13.0. The number of halogens is 2. The molecule has 1 fully saturated rings. The monoisotopic (exact) mass is 759 g/mol. The van der Waals surface area contributed by atoms with E-state index in [1.54, 1.807) is 24.3 Å². The van der Waals surface area contributed by atoms with Crippen LogP contribution in [-0.4, -0.2) is 94.0 Å². The minimum Gasteiger partial charge on any atom is -0.465 e. The molecular weight excluding hydrogens is 721 g/mol. The van der Waals surface area contributed by atoms with Crippen molar-refractivity contribution in [2.75, 3.05) is 70.7 Å². The maximum Gasteiger partial charge on any atom is 0.337 e. The fraction of sp³-hybridized carbons (Fsp3) is 0.353. The number of benzene rings is 3. The second kappa shape index (κ2) is 16.8.